The number of carbonyl (C=O) groups excluding carboxylic acids is 1. The topological polar surface area (TPSA) is 49.6 Å². The third-order valence-corrected chi connectivity index (χ3v) is 2.86. The quantitative estimate of drug-likeness (QED) is 0.690. The van der Waals surface area contributed by atoms with Crippen molar-refractivity contribution in [3.8, 4) is 0 Å². The van der Waals surface area contributed by atoms with E-state index in [9.17, 15) is 4.79 Å². The first-order chi connectivity index (χ1) is 6.57. The molecule has 1 aliphatic rings. The molecule has 1 aliphatic heterocycles. The third kappa shape index (κ3) is 2.25. The number of hydrogen-bond acceptors (Lipinski definition) is 3. The van der Waals surface area contributed by atoms with Gasteiger partial charge >= 0.3 is 0 Å². The molecular formula is C10H21N3O. The van der Waals surface area contributed by atoms with Crippen LogP contribution in [-0.2, 0) is 4.79 Å². The maximum atomic E-state index is 11.9. The number of likely N-dealkylation sites (N-methyl/N-ethyl adjacent to an activating group) is 1. The standard InChI is InChI=1S/C10H21N3O/c1-8(2)13-7-6-12(3)10(14)9(13)4-5-11/h8-9H,4-7,11H2,1-3H3. The number of amides is 1. The predicted molar refractivity (Wildman–Crippen MR) is 56.9 cm³/mol. The number of nitrogens with two attached hydrogens (primary N) is 1. The molecule has 82 valence electrons. The molecule has 0 bridgehead atoms. The van der Waals surface area contributed by atoms with Crippen LogP contribution in [0.1, 0.15) is 20.3 Å². The van der Waals surface area contributed by atoms with Gasteiger partial charge in [-0.2, -0.15) is 0 Å². The third-order valence-electron chi connectivity index (χ3n) is 2.86. The molecule has 0 aromatic rings. The lowest BCUT2D eigenvalue weighted by molar-refractivity contribution is -0.141. The van der Waals surface area contributed by atoms with Gasteiger partial charge in [-0.3, -0.25) is 9.69 Å². The monoisotopic (exact) mass is 199 g/mol. The van der Waals surface area contributed by atoms with E-state index >= 15 is 0 Å². The van der Waals surface area contributed by atoms with Gasteiger partial charge < -0.3 is 10.6 Å². The number of rotatable bonds is 3. The molecule has 4 heteroatoms. The molecule has 1 saturated heterocycles. The van der Waals surface area contributed by atoms with Crippen LogP contribution in [0.15, 0.2) is 0 Å². The molecule has 0 spiro atoms. The first-order valence-electron chi connectivity index (χ1n) is 5.28. The predicted octanol–water partition coefficient (Wildman–Crippen LogP) is -0.114. The summed E-state index contributed by atoms with van der Waals surface area (Å²) in [7, 11) is 1.86. The van der Waals surface area contributed by atoms with Crippen LogP contribution in [0.4, 0.5) is 0 Å². The molecule has 1 heterocycles. The summed E-state index contributed by atoms with van der Waals surface area (Å²) < 4.78 is 0. The van der Waals surface area contributed by atoms with Crippen molar-refractivity contribution in [2.45, 2.75) is 32.4 Å². The van der Waals surface area contributed by atoms with Gasteiger partial charge in [-0.25, -0.2) is 0 Å². The number of nitrogens with zero attached hydrogens (tertiary/aromatic N) is 2. The lowest BCUT2D eigenvalue weighted by Gasteiger charge is -2.41. The molecule has 0 aliphatic carbocycles. The van der Waals surface area contributed by atoms with Gasteiger partial charge in [0, 0.05) is 26.2 Å². The van der Waals surface area contributed by atoms with E-state index in [4.69, 9.17) is 5.73 Å². The average Bonchev–Trinajstić information content (AvgIpc) is 2.13. The van der Waals surface area contributed by atoms with Crippen molar-refractivity contribution >= 4 is 5.91 Å². The van der Waals surface area contributed by atoms with Crippen LogP contribution in [0.5, 0.6) is 0 Å². The SMILES string of the molecule is CC(C)N1CCN(C)C(=O)C1CCN. The first kappa shape index (κ1) is 11.5. The molecule has 14 heavy (non-hydrogen) atoms. The van der Waals surface area contributed by atoms with Crippen LogP contribution in [0.25, 0.3) is 0 Å². The molecule has 0 saturated carbocycles. The zero-order chi connectivity index (χ0) is 10.7. The Labute approximate surface area is 86.0 Å². The van der Waals surface area contributed by atoms with E-state index in [1.807, 2.05) is 7.05 Å². The van der Waals surface area contributed by atoms with Gasteiger partial charge in [0.15, 0.2) is 0 Å². The van der Waals surface area contributed by atoms with Crippen molar-refractivity contribution in [3.63, 3.8) is 0 Å². The van der Waals surface area contributed by atoms with E-state index in [-0.39, 0.29) is 11.9 Å². The molecule has 1 fully saturated rings. The zero-order valence-corrected chi connectivity index (χ0v) is 9.36. The Balaban J connectivity index is 2.71. The van der Waals surface area contributed by atoms with Crippen molar-refractivity contribution in [1.29, 1.82) is 0 Å². The lowest BCUT2D eigenvalue weighted by Crippen LogP contribution is -2.58. The summed E-state index contributed by atoms with van der Waals surface area (Å²) in [6.45, 7) is 6.63. The smallest absolute Gasteiger partial charge is 0.239 e. The molecule has 0 radical (unpaired) electrons. The normalized spacial score (nSPS) is 24.8. The largest absolute Gasteiger partial charge is 0.343 e. The molecule has 4 nitrogen and oxygen atoms in total. The summed E-state index contributed by atoms with van der Waals surface area (Å²) in [5.74, 6) is 0.218. The van der Waals surface area contributed by atoms with Crippen molar-refractivity contribution < 1.29 is 4.79 Å². The van der Waals surface area contributed by atoms with Crippen molar-refractivity contribution in [3.05, 3.63) is 0 Å². The van der Waals surface area contributed by atoms with Gasteiger partial charge in [0.05, 0.1) is 6.04 Å². The fourth-order valence-corrected chi connectivity index (χ4v) is 1.99. The van der Waals surface area contributed by atoms with Crippen LogP contribution in [-0.4, -0.2) is 54.5 Å². The Morgan fingerprint density at radius 2 is 2.14 bits per heavy atom. The van der Waals surface area contributed by atoms with Crippen LogP contribution in [0.3, 0.4) is 0 Å². The van der Waals surface area contributed by atoms with Gasteiger partial charge in [-0.05, 0) is 26.8 Å². The van der Waals surface area contributed by atoms with Crippen LogP contribution in [0, 0.1) is 0 Å². The number of hydrogen-bond donors (Lipinski definition) is 1. The lowest BCUT2D eigenvalue weighted by atomic mass is 10.1. The second-order valence-electron chi connectivity index (χ2n) is 4.18. The highest BCUT2D eigenvalue weighted by Gasteiger charge is 2.33. The van der Waals surface area contributed by atoms with Crippen molar-refractivity contribution in [2.75, 3.05) is 26.7 Å². The van der Waals surface area contributed by atoms with E-state index in [0.29, 0.717) is 12.6 Å². The second kappa shape index (κ2) is 4.75. The minimum absolute atomic E-state index is 0.00116. The number of piperazine rings is 1. The van der Waals surface area contributed by atoms with Crippen LogP contribution >= 0.6 is 0 Å². The van der Waals surface area contributed by atoms with Crippen LogP contribution in [0.2, 0.25) is 0 Å². The zero-order valence-electron chi connectivity index (χ0n) is 9.36. The molecule has 0 aromatic heterocycles. The van der Waals surface area contributed by atoms with E-state index in [0.717, 1.165) is 19.5 Å². The summed E-state index contributed by atoms with van der Waals surface area (Å²) in [6.07, 6.45) is 0.765. The van der Waals surface area contributed by atoms with E-state index in [2.05, 4.69) is 18.7 Å². The highest BCUT2D eigenvalue weighted by molar-refractivity contribution is 5.82. The highest BCUT2D eigenvalue weighted by atomic mass is 16.2. The minimum Gasteiger partial charge on any atom is -0.343 e. The van der Waals surface area contributed by atoms with Crippen LogP contribution < -0.4 is 5.73 Å². The van der Waals surface area contributed by atoms with E-state index in [1.165, 1.54) is 0 Å². The molecule has 0 aromatic carbocycles. The summed E-state index contributed by atoms with van der Waals surface area (Å²) in [5, 5.41) is 0. The Morgan fingerprint density at radius 1 is 1.50 bits per heavy atom. The molecular weight excluding hydrogens is 178 g/mol. The maximum Gasteiger partial charge on any atom is 0.239 e. The van der Waals surface area contributed by atoms with E-state index in [1.54, 1.807) is 4.90 Å². The Kier molecular flexibility index (Phi) is 3.89. The summed E-state index contributed by atoms with van der Waals surface area (Å²) in [6, 6.07) is 0.419. The Morgan fingerprint density at radius 3 is 2.64 bits per heavy atom. The van der Waals surface area contributed by atoms with Crippen molar-refractivity contribution in [2.24, 2.45) is 5.73 Å². The van der Waals surface area contributed by atoms with E-state index < -0.39 is 0 Å². The Hall–Kier alpha value is -0.610. The Bertz CT molecular complexity index is 206. The van der Waals surface area contributed by atoms with Crippen molar-refractivity contribution in [1.82, 2.24) is 9.80 Å². The van der Waals surface area contributed by atoms with Gasteiger partial charge in [0.25, 0.3) is 0 Å². The van der Waals surface area contributed by atoms with Gasteiger partial charge in [0.2, 0.25) is 5.91 Å². The molecule has 1 amide bonds. The van der Waals surface area contributed by atoms with Gasteiger partial charge in [-0.15, -0.1) is 0 Å². The summed E-state index contributed by atoms with van der Waals surface area (Å²) in [5.41, 5.74) is 5.53. The highest BCUT2D eigenvalue weighted by Crippen LogP contribution is 2.15. The number of carbonyl (C=O) groups is 1. The molecule has 1 rings (SSSR count). The van der Waals surface area contributed by atoms with Gasteiger partial charge in [0.1, 0.15) is 0 Å². The summed E-state index contributed by atoms with van der Waals surface area (Å²) in [4.78, 5) is 15.9. The average molecular weight is 199 g/mol. The molecule has 1 unspecified atom stereocenters. The fourth-order valence-electron chi connectivity index (χ4n) is 1.99. The second-order valence-corrected chi connectivity index (χ2v) is 4.18. The minimum atomic E-state index is -0.00116. The molecule has 1 atom stereocenters. The maximum absolute atomic E-state index is 11.9. The first-order valence-corrected chi connectivity index (χ1v) is 5.28. The van der Waals surface area contributed by atoms with Gasteiger partial charge in [-0.1, -0.05) is 0 Å². The molecule has 2 N–H and O–H groups in total. The summed E-state index contributed by atoms with van der Waals surface area (Å²) >= 11 is 0. The fraction of sp³-hybridized carbons (Fsp3) is 0.900.